The van der Waals surface area contributed by atoms with Crippen molar-refractivity contribution in [1.29, 1.82) is 0 Å². The number of aliphatic carboxylic acids is 1. The second-order valence-corrected chi connectivity index (χ2v) is 3.76. The second-order valence-electron chi connectivity index (χ2n) is 3.76. The van der Waals surface area contributed by atoms with Crippen molar-refractivity contribution in [2.45, 2.75) is 18.8 Å². The summed E-state index contributed by atoms with van der Waals surface area (Å²) in [5.74, 6) is -1.32. The third-order valence-electron chi connectivity index (χ3n) is 2.70. The Morgan fingerprint density at radius 1 is 1.47 bits per heavy atom. The Kier molecular flexibility index (Phi) is 2.42. The summed E-state index contributed by atoms with van der Waals surface area (Å²) < 4.78 is 24.7. The van der Waals surface area contributed by atoms with E-state index in [1.54, 1.807) is 12.1 Å². The van der Waals surface area contributed by atoms with Gasteiger partial charge >= 0.3 is 5.97 Å². The summed E-state index contributed by atoms with van der Waals surface area (Å²) in [6.07, 6.45) is -1.94. The Morgan fingerprint density at radius 3 is 2.73 bits per heavy atom. The number of benzene rings is 1. The molecule has 4 heteroatoms. The standard InChI is InChI=1S/C11H10F2O2/c12-10(13)7-3-1-2-6(4-7)8-5-9(8)11(14)15/h1-4,8-10H,5H2,(H,14,15). The van der Waals surface area contributed by atoms with Gasteiger partial charge in [0, 0.05) is 5.56 Å². The van der Waals surface area contributed by atoms with Crippen LogP contribution in [0, 0.1) is 5.92 Å². The Morgan fingerprint density at radius 2 is 2.20 bits per heavy atom. The van der Waals surface area contributed by atoms with Gasteiger partial charge in [-0.05, 0) is 24.0 Å². The SMILES string of the molecule is O=C(O)C1CC1c1cccc(C(F)F)c1. The Bertz CT molecular complexity index is 390. The number of alkyl halides is 2. The molecule has 0 bridgehead atoms. The summed E-state index contributed by atoms with van der Waals surface area (Å²) >= 11 is 0. The summed E-state index contributed by atoms with van der Waals surface area (Å²) in [6, 6.07) is 6.01. The molecule has 0 radical (unpaired) electrons. The highest BCUT2D eigenvalue weighted by molar-refractivity contribution is 5.75. The lowest BCUT2D eigenvalue weighted by molar-refractivity contribution is -0.138. The fourth-order valence-electron chi connectivity index (χ4n) is 1.76. The van der Waals surface area contributed by atoms with Crippen molar-refractivity contribution in [2.24, 2.45) is 5.92 Å². The number of carbonyl (C=O) groups is 1. The van der Waals surface area contributed by atoms with Gasteiger partial charge in [0.25, 0.3) is 6.43 Å². The number of rotatable bonds is 3. The van der Waals surface area contributed by atoms with Crippen LogP contribution in [0.3, 0.4) is 0 Å². The molecule has 0 aromatic heterocycles. The van der Waals surface area contributed by atoms with Crippen molar-refractivity contribution >= 4 is 5.97 Å². The minimum absolute atomic E-state index is 0.0384. The number of hydrogen-bond donors (Lipinski definition) is 1. The predicted molar refractivity (Wildman–Crippen MR) is 49.9 cm³/mol. The third-order valence-corrected chi connectivity index (χ3v) is 2.70. The van der Waals surface area contributed by atoms with E-state index in [1.807, 2.05) is 0 Å². The quantitative estimate of drug-likeness (QED) is 0.836. The number of carboxylic acid groups (broad SMARTS) is 1. The second kappa shape index (κ2) is 3.61. The summed E-state index contributed by atoms with van der Waals surface area (Å²) in [4.78, 5) is 10.6. The first-order valence-electron chi connectivity index (χ1n) is 4.70. The molecule has 1 aromatic rings. The largest absolute Gasteiger partial charge is 0.481 e. The van der Waals surface area contributed by atoms with Gasteiger partial charge in [-0.1, -0.05) is 18.2 Å². The van der Waals surface area contributed by atoms with E-state index < -0.39 is 18.3 Å². The fourth-order valence-corrected chi connectivity index (χ4v) is 1.76. The van der Waals surface area contributed by atoms with Gasteiger partial charge in [-0.15, -0.1) is 0 Å². The maximum Gasteiger partial charge on any atom is 0.307 e. The van der Waals surface area contributed by atoms with Gasteiger partial charge in [0.05, 0.1) is 5.92 Å². The van der Waals surface area contributed by atoms with E-state index in [-0.39, 0.29) is 11.5 Å². The lowest BCUT2D eigenvalue weighted by Gasteiger charge is -2.03. The highest BCUT2D eigenvalue weighted by Gasteiger charge is 2.44. The molecule has 0 aliphatic heterocycles. The zero-order chi connectivity index (χ0) is 11.0. The van der Waals surface area contributed by atoms with Crippen LogP contribution in [0.4, 0.5) is 8.78 Å². The van der Waals surface area contributed by atoms with Gasteiger partial charge in [0.1, 0.15) is 0 Å². The molecule has 15 heavy (non-hydrogen) atoms. The minimum Gasteiger partial charge on any atom is -0.481 e. The van der Waals surface area contributed by atoms with Gasteiger partial charge in [-0.3, -0.25) is 4.79 Å². The molecule has 2 atom stereocenters. The topological polar surface area (TPSA) is 37.3 Å². The van der Waals surface area contributed by atoms with Gasteiger partial charge < -0.3 is 5.11 Å². The lowest BCUT2D eigenvalue weighted by Crippen LogP contribution is -1.99. The fraction of sp³-hybridized carbons (Fsp3) is 0.364. The van der Waals surface area contributed by atoms with E-state index in [0.717, 1.165) is 0 Å². The molecule has 1 aliphatic carbocycles. The first kappa shape index (κ1) is 10.1. The Balaban J connectivity index is 2.17. The van der Waals surface area contributed by atoms with E-state index in [4.69, 9.17) is 5.11 Å². The van der Waals surface area contributed by atoms with E-state index in [0.29, 0.717) is 12.0 Å². The zero-order valence-electron chi connectivity index (χ0n) is 7.86. The van der Waals surface area contributed by atoms with Crippen LogP contribution >= 0.6 is 0 Å². The molecule has 0 heterocycles. The highest BCUT2D eigenvalue weighted by atomic mass is 19.3. The molecule has 80 valence electrons. The molecule has 2 nitrogen and oxygen atoms in total. The van der Waals surface area contributed by atoms with Crippen LogP contribution < -0.4 is 0 Å². The lowest BCUT2D eigenvalue weighted by atomic mass is 10.1. The predicted octanol–water partition coefficient (Wildman–Crippen LogP) is 2.81. The van der Waals surface area contributed by atoms with E-state index >= 15 is 0 Å². The van der Waals surface area contributed by atoms with Crippen LogP contribution in [0.5, 0.6) is 0 Å². The average Bonchev–Trinajstić information content (AvgIpc) is 2.97. The van der Waals surface area contributed by atoms with Crippen molar-refractivity contribution in [3.63, 3.8) is 0 Å². The number of halogens is 2. The van der Waals surface area contributed by atoms with Crippen molar-refractivity contribution < 1.29 is 18.7 Å². The van der Waals surface area contributed by atoms with E-state index in [9.17, 15) is 13.6 Å². The molecule has 1 aromatic carbocycles. The van der Waals surface area contributed by atoms with Gasteiger partial charge in [-0.2, -0.15) is 0 Å². The summed E-state index contributed by atoms with van der Waals surface area (Å²) in [7, 11) is 0. The van der Waals surface area contributed by atoms with E-state index in [1.165, 1.54) is 12.1 Å². The van der Waals surface area contributed by atoms with E-state index in [2.05, 4.69) is 0 Å². The van der Waals surface area contributed by atoms with Crippen LogP contribution in [0.2, 0.25) is 0 Å². The molecular weight excluding hydrogens is 202 g/mol. The molecule has 1 saturated carbocycles. The van der Waals surface area contributed by atoms with Crippen LogP contribution in [-0.4, -0.2) is 11.1 Å². The van der Waals surface area contributed by atoms with Crippen LogP contribution in [-0.2, 0) is 4.79 Å². The zero-order valence-corrected chi connectivity index (χ0v) is 7.86. The summed E-state index contributed by atoms with van der Waals surface area (Å²) in [5, 5.41) is 8.72. The van der Waals surface area contributed by atoms with Gasteiger partial charge in [-0.25, -0.2) is 8.78 Å². The normalized spacial score (nSPS) is 24.2. The minimum atomic E-state index is -2.49. The highest BCUT2D eigenvalue weighted by Crippen LogP contribution is 2.47. The van der Waals surface area contributed by atoms with Crippen LogP contribution in [0.25, 0.3) is 0 Å². The van der Waals surface area contributed by atoms with Gasteiger partial charge in [0.15, 0.2) is 0 Å². The molecule has 1 N–H and O–H groups in total. The van der Waals surface area contributed by atoms with Crippen LogP contribution in [0.1, 0.15) is 29.9 Å². The third kappa shape index (κ3) is 1.98. The van der Waals surface area contributed by atoms with Crippen molar-refractivity contribution in [2.75, 3.05) is 0 Å². The monoisotopic (exact) mass is 212 g/mol. The number of carboxylic acids is 1. The first-order chi connectivity index (χ1) is 7.09. The molecule has 0 saturated heterocycles. The molecule has 1 fully saturated rings. The molecular formula is C11H10F2O2. The van der Waals surface area contributed by atoms with Crippen molar-refractivity contribution in [3.05, 3.63) is 35.4 Å². The van der Waals surface area contributed by atoms with Gasteiger partial charge in [0.2, 0.25) is 0 Å². The molecule has 2 rings (SSSR count). The summed E-state index contributed by atoms with van der Waals surface area (Å²) in [6.45, 7) is 0. The molecule has 2 unspecified atom stereocenters. The van der Waals surface area contributed by atoms with Crippen LogP contribution in [0.15, 0.2) is 24.3 Å². The maximum absolute atomic E-state index is 12.4. The number of hydrogen-bond acceptors (Lipinski definition) is 1. The van der Waals surface area contributed by atoms with Crippen molar-refractivity contribution in [1.82, 2.24) is 0 Å². The average molecular weight is 212 g/mol. The smallest absolute Gasteiger partial charge is 0.307 e. The summed E-state index contributed by atoms with van der Waals surface area (Å²) in [5.41, 5.74) is 0.670. The van der Waals surface area contributed by atoms with Crippen molar-refractivity contribution in [3.8, 4) is 0 Å². The maximum atomic E-state index is 12.4. The first-order valence-corrected chi connectivity index (χ1v) is 4.70. The molecule has 0 spiro atoms. The molecule has 0 amide bonds. The molecule has 1 aliphatic rings. The Hall–Kier alpha value is -1.45. The Labute approximate surface area is 85.5 Å².